The summed E-state index contributed by atoms with van der Waals surface area (Å²) in [5.41, 5.74) is 0.214. The first-order valence-corrected chi connectivity index (χ1v) is 5.08. The minimum atomic E-state index is -4.42. The fourth-order valence-electron chi connectivity index (χ4n) is 1.47. The van der Waals surface area contributed by atoms with E-state index >= 15 is 0 Å². The summed E-state index contributed by atoms with van der Waals surface area (Å²) in [5, 5.41) is 8.92. The lowest BCUT2D eigenvalue weighted by Crippen LogP contribution is -2.16. The van der Waals surface area contributed by atoms with Crippen LogP contribution in [-0.4, -0.2) is 38.8 Å². The Morgan fingerprint density at radius 3 is 2.84 bits per heavy atom. The topological polar surface area (TPSA) is 88.1 Å². The van der Waals surface area contributed by atoms with Gasteiger partial charge in [0.2, 0.25) is 0 Å². The van der Waals surface area contributed by atoms with Gasteiger partial charge in [-0.2, -0.15) is 13.2 Å². The van der Waals surface area contributed by atoms with E-state index in [0.717, 1.165) is 0 Å². The summed E-state index contributed by atoms with van der Waals surface area (Å²) in [6.07, 6.45) is -3.16. The number of aromatic carboxylic acids is 1. The van der Waals surface area contributed by atoms with E-state index in [0.29, 0.717) is 0 Å². The van der Waals surface area contributed by atoms with E-state index in [-0.39, 0.29) is 22.6 Å². The Labute approximate surface area is 104 Å². The van der Waals surface area contributed by atoms with Crippen molar-refractivity contribution in [3.05, 3.63) is 23.7 Å². The van der Waals surface area contributed by atoms with Crippen LogP contribution in [0.3, 0.4) is 0 Å². The zero-order chi connectivity index (χ0) is 14.0. The number of hydrogen-bond acceptors (Lipinski definition) is 4. The lowest BCUT2D eigenvalue weighted by Gasteiger charge is -2.05. The van der Waals surface area contributed by atoms with Gasteiger partial charge in [-0.05, 0) is 6.07 Å². The highest BCUT2D eigenvalue weighted by Gasteiger charge is 2.27. The molecule has 6 nitrogen and oxygen atoms in total. The molecule has 0 aliphatic rings. The number of nitrogens with one attached hydrogen (secondary N) is 1. The van der Waals surface area contributed by atoms with Crippen molar-refractivity contribution in [2.24, 2.45) is 0 Å². The number of nitrogens with zero attached hydrogens (tertiary/aromatic N) is 2. The van der Waals surface area contributed by atoms with Crippen LogP contribution < -0.4 is 0 Å². The summed E-state index contributed by atoms with van der Waals surface area (Å²) >= 11 is 0. The number of aromatic amines is 1. The van der Waals surface area contributed by atoms with E-state index in [9.17, 15) is 18.0 Å². The molecule has 0 fully saturated rings. The van der Waals surface area contributed by atoms with Gasteiger partial charge < -0.3 is 14.8 Å². The minimum Gasteiger partial charge on any atom is -0.478 e. The Bertz CT molecular complexity index is 609. The normalized spacial score (nSPS) is 11.9. The highest BCUT2D eigenvalue weighted by atomic mass is 19.4. The van der Waals surface area contributed by atoms with Crippen LogP contribution in [0.4, 0.5) is 13.2 Å². The van der Waals surface area contributed by atoms with Crippen molar-refractivity contribution >= 4 is 17.1 Å². The van der Waals surface area contributed by atoms with Gasteiger partial charge in [0, 0.05) is 6.20 Å². The van der Waals surface area contributed by atoms with E-state index in [1.165, 1.54) is 12.3 Å². The smallest absolute Gasteiger partial charge is 0.411 e. The number of imidazole rings is 1. The fraction of sp³-hybridized carbons (Fsp3) is 0.300. The molecular formula is C10H8F3N3O3. The number of carboxylic acid groups (broad SMARTS) is 1. The first-order chi connectivity index (χ1) is 8.87. The fourth-order valence-corrected chi connectivity index (χ4v) is 1.47. The van der Waals surface area contributed by atoms with Gasteiger partial charge in [0.1, 0.15) is 19.0 Å². The quantitative estimate of drug-likeness (QED) is 0.887. The van der Waals surface area contributed by atoms with Gasteiger partial charge in [0.05, 0.1) is 11.1 Å². The highest BCUT2D eigenvalue weighted by molar-refractivity contribution is 5.99. The first kappa shape index (κ1) is 13.3. The zero-order valence-corrected chi connectivity index (χ0v) is 9.36. The van der Waals surface area contributed by atoms with Crippen molar-refractivity contribution in [1.82, 2.24) is 15.0 Å². The molecule has 0 saturated carbocycles. The average Bonchev–Trinajstić information content (AvgIpc) is 2.68. The number of carbonyl (C=O) groups is 1. The van der Waals surface area contributed by atoms with E-state index in [2.05, 4.69) is 19.7 Å². The lowest BCUT2D eigenvalue weighted by molar-refractivity contribution is -0.177. The molecule has 0 aliphatic carbocycles. The number of H-pyrrole nitrogens is 1. The Morgan fingerprint density at radius 2 is 2.21 bits per heavy atom. The molecule has 2 N–H and O–H groups in total. The third-order valence-corrected chi connectivity index (χ3v) is 2.18. The van der Waals surface area contributed by atoms with Gasteiger partial charge >= 0.3 is 12.1 Å². The van der Waals surface area contributed by atoms with Crippen molar-refractivity contribution in [2.45, 2.75) is 12.8 Å². The molecule has 0 unspecified atom stereocenters. The molecule has 0 spiro atoms. The molecule has 2 rings (SSSR count). The molecule has 2 heterocycles. The second kappa shape index (κ2) is 4.84. The van der Waals surface area contributed by atoms with Crippen LogP contribution in [0.25, 0.3) is 11.2 Å². The van der Waals surface area contributed by atoms with Crippen molar-refractivity contribution in [2.75, 3.05) is 6.61 Å². The SMILES string of the molecule is O=C(O)c1ccnc2nc(COCC(F)(F)F)[nH]c12. The number of fused-ring (bicyclic) bond motifs is 1. The van der Waals surface area contributed by atoms with Gasteiger partial charge in [0.15, 0.2) is 5.65 Å². The Morgan fingerprint density at radius 1 is 1.47 bits per heavy atom. The lowest BCUT2D eigenvalue weighted by atomic mass is 10.2. The minimum absolute atomic E-state index is 0.0560. The average molecular weight is 275 g/mol. The summed E-state index contributed by atoms with van der Waals surface area (Å²) in [6.45, 7) is -1.81. The molecule has 19 heavy (non-hydrogen) atoms. The van der Waals surface area contributed by atoms with Crippen LogP contribution >= 0.6 is 0 Å². The molecule has 102 valence electrons. The maximum absolute atomic E-state index is 11.9. The largest absolute Gasteiger partial charge is 0.478 e. The van der Waals surface area contributed by atoms with Gasteiger partial charge in [-0.25, -0.2) is 14.8 Å². The number of carboxylic acids is 1. The summed E-state index contributed by atoms with van der Waals surface area (Å²) in [7, 11) is 0. The van der Waals surface area contributed by atoms with Crippen molar-refractivity contribution < 1.29 is 27.8 Å². The van der Waals surface area contributed by atoms with Crippen LogP contribution in [-0.2, 0) is 11.3 Å². The first-order valence-electron chi connectivity index (χ1n) is 5.08. The molecule has 9 heteroatoms. The molecule has 2 aromatic heterocycles. The number of hydrogen-bond donors (Lipinski definition) is 2. The highest BCUT2D eigenvalue weighted by Crippen LogP contribution is 2.17. The third kappa shape index (κ3) is 3.19. The molecule has 0 aliphatic heterocycles. The molecule has 0 aromatic carbocycles. The second-order valence-electron chi connectivity index (χ2n) is 3.65. The van der Waals surface area contributed by atoms with Crippen molar-refractivity contribution in [1.29, 1.82) is 0 Å². The third-order valence-electron chi connectivity index (χ3n) is 2.18. The van der Waals surface area contributed by atoms with E-state index in [1.54, 1.807) is 0 Å². The summed E-state index contributed by atoms with van der Waals surface area (Å²) in [6, 6.07) is 1.27. The molecule has 0 radical (unpaired) electrons. The van der Waals surface area contributed by atoms with Gasteiger partial charge in [0.25, 0.3) is 0 Å². The number of halogens is 3. The van der Waals surface area contributed by atoms with Crippen LogP contribution in [0.1, 0.15) is 16.2 Å². The molecule has 2 aromatic rings. The Balaban J connectivity index is 2.18. The van der Waals surface area contributed by atoms with Crippen LogP contribution in [0, 0.1) is 0 Å². The summed E-state index contributed by atoms with van der Waals surface area (Å²) in [5.74, 6) is -1.10. The Hall–Kier alpha value is -2.16. The maximum Gasteiger partial charge on any atom is 0.411 e. The molecule has 0 bridgehead atoms. The maximum atomic E-state index is 11.9. The predicted molar refractivity (Wildman–Crippen MR) is 56.6 cm³/mol. The van der Waals surface area contributed by atoms with Crippen LogP contribution in [0.15, 0.2) is 12.3 Å². The Kier molecular flexibility index (Phi) is 3.38. The van der Waals surface area contributed by atoms with Crippen LogP contribution in [0.5, 0.6) is 0 Å². The monoisotopic (exact) mass is 275 g/mol. The zero-order valence-electron chi connectivity index (χ0n) is 9.36. The molecule has 0 saturated heterocycles. The molecular weight excluding hydrogens is 267 g/mol. The summed E-state index contributed by atoms with van der Waals surface area (Å²) < 4.78 is 40.1. The number of aromatic nitrogens is 3. The van der Waals surface area contributed by atoms with Gasteiger partial charge in [-0.1, -0.05) is 0 Å². The van der Waals surface area contributed by atoms with E-state index in [1.807, 2.05) is 0 Å². The van der Waals surface area contributed by atoms with Gasteiger partial charge in [-0.15, -0.1) is 0 Å². The number of ether oxygens (including phenoxy) is 1. The number of alkyl halides is 3. The second-order valence-corrected chi connectivity index (χ2v) is 3.65. The number of rotatable bonds is 4. The molecule has 0 atom stereocenters. The van der Waals surface area contributed by atoms with E-state index < -0.39 is 25.4 Å². The van der Waals surface area contributed by atoms with Crippen molar-refractivity contribution in [3.8, 4) is 0 Å². The number of pyridine rings is 1. The van der Waals surface area contributed by atoms with E-state index in [4.69, 9.17) is 5.11 Å². The molecule has 0 amide bonds. The van der Waals surface area contributed by atoms with Crippen molar-refractivity contribution in [3.63, 3.8) is 0 Å². The van der Waals surface area contributed by atoms with Gasteiger partial charge in [-0.3, -0.25) is 0 Å². The predicted octanol–water partition coefficient (Wildman–Crippen LogP) is 1.73. The standard InChI is InChI=1S/C10H8F3N3O3/c11-10(12,13)4-19-3-6-15-7-5(9(17)18)1-2-14-8(7)16-6/h1-2H,3-4H2,(H,17,18)(H,14,15,16). The summed E-state index contributed by atoms with van der Waals surface area (Å²) in [4.78, 5) is 21.2. The van der Waals surface area contributed by atoms with Crippen LogP contribution in [0.2, 0.25) is 0 Å².